The van der Waals surface area contributed by atoms with Crippen LogP contribution in [0.2, 0.25) is 0 Å². The van der Waals surface area contributed by atoms with E-state index in [1.807, 2.05) is 40.8 Å². The number of hydrogen-bond donors (Lipinski definition) is 2. The molecule has 0 bridgehead atoms. The van der Waals surface area contributed by atoms with Crippen molar-refractivity contribution in [2.75, 3.05) is 20.1 Å². The van der Waals surface area contributed by atoms with Crippen molar-refractivity contribution in [3.05, 3.63) is 24.9 Å². The van der Waals surface area contributed by atoms with Crippen LogP contribution in [0, 0.1) is 11.8 Å². The molecule has 0 amide bonds. The number of carbonyl (C=O) groups is 1. The molecule has 1 atom stereocenters. The first-order valence-corrected chi connectivity index (χ1v) is 7.60. The monoisotopic (exact) mass is 284 g/mol. The average Bonchev–Trinajstić information content (AvgIpc) is 2.46. The SMILES string of the molecule is C=C(CNC)NCC(=O)C(C)C.C=CC(C)CC.CC. The van der Waals surface area contributed by atoms with Gasteiger partial charge in [0.15, 0.2) is 5.78 Å². The molecule has 3 nitrogen and oxygen atoms in total. The summed E-state index contributed by atoms with van der Waals surface area (Å²) < 4.78 is 0. The summed E-state index contributed by atoms with van der Waals surface area (Å²) in [5.74, 6) is 1.01. The Hall–Kier alpha value is -1.09. The van der Waals surface area contributed by atoms with E-state index in [0.717, 1.165) is 5.70 Å². The lowest BCUT2D eigenvalue weighted by Crippen LogP contribution is -2.29. The smallest absolute Gasteiger partial charge is 0.154 e. The molecule has 0 aromatic heterocycles. The van der Waals surface area contributed by atoms with Gasteiger partial charge in [0, 0.05) is 18.2 Å². The van der Waals surface area contributed by atoms with Crippen LogP contribution in [0.25, 0.3) is 0 Å². The summed E-state index contributed by atoms with van der Waals surface area (Å²) in [6.07, 6.45) is 3.18. The minimum absolute atomic E-state index is 0.0971. The minimum Gasteiger partial charge on any atom is -0.381 e. The fourth-order valence-electron chi connectivity index (χ4n) is 0.859. The lowest BCUT2D eigenvalue weighted by Gasteiger charge is -2.09. The number of allylic oxidation sites excluding steroid dienone is 1. The molecule has 0 spiro atoms. The van der Waals surface area contributed by atoms with Gasteiger partial charge < -0.3 is 10.6 Å². The zero-order chi connectivity index (χ0) is 16.6. The Bertz CT molecular complexity index is 247. The summed E-state index contributed by atoms with van der Waals surface area (Å²) in [4.78, 5) is 11.1. The van der Waals surface area contributed by atoms with Crippen LogP contribution in [0.3, 0.4) is 0 Å². The van der Waals surface area contributed by atoms with E-state index in [-0.39, 0.29) is 11.7 Å². The fraction of sp³-hybridized carbons (Fsp3) is 0.706. The predicted molar refractivity (Wildman–Crippen MR) is 91.9 cm³/mol. The van der Waals surface area contributed by atoms with Crippen molar-refractivity contribution in [2.45, 2.75) is 48.0 Å². The maximum Gasteiger partial charge on any atom is 0.154 e. The van der Waals surface area contributed by atoms with E-state index in [4.69, 9.17) is 0 Å². The van der Waals surface area contributed by atoms with Crippen LogP contribution in [-0.2, 0) is 4.79 Å². The second kappa shape index (κ2) is 17.9. The normalized spacial score (nSPS) is 10.4. The number of rotatable bonds is 8. The van der Waals surface area contributed by atoms with E-state index < -0.39 is 0 Å². The molecule has 3 heteroatoms. The molecule has 0 aliphatic rings. The maximum atomic E-state index is 11.1. The van der Waals surface area contributed by atoms with E-state index in [1.54, 1.807) is 0 Å². The standard InChI is InChI=1S/C9H18N2O.C6H12.C2H6/c1-7(2)9(12)6-11-8(3)5-10-4;1-4-6(3)5-2;1-2/h7,10-11H,3,5-6H2,1-2,4H3;4,6H,1,5H2,2-3H3;1-2H3. The predicted octanol–water partition coefficient (Wildman–Crippen LogP) is 3.78. The van der Waals surface area contributed by atoms with Gasteiger partial charge in [0.05, 0.1) is 6.54 Å². The molecule has 0 aromatic carbocycles. The summed E-state index contributed by atoms with van der Waals surface area (Å²) >= 11 is 0. The summed E-state index contributed by atoms with van der Waals surface area (Å²) in [7, 11) is 1.84. The minimum atomic E-state index is 0.0971. The van der Waals surface area contributed by atoms with Gasteiger partial charge in [-0.15, -0.1) is 6.58 Å². The van der Waals surface area contributed by atoms with Gasteiger partial charge in [-0.1, -0.05) is 60.6 Å². The van der Waals surface area contributed by atoms with Crippen molar-refractivity contribution in [1.29, 1.82) is 0 Å². The van der Waals surface area contributed by atoms with Crippen molar-refractivity contribution in [3.8, 4) is 0 Å². The van der Waals surface area contributed by atoms with E-state index >= 15 is 0 Å². The summed E-state index contributed by atoms with van der Waals surface area (Å²) in [5, 5.41) is 5.91. The molecular weight excluding hydrogens is 248 g/mol. The highest BCUT2D eigenvalue weighted by molar-refractivity contribution is 5.82. The molecule has 0 fully saturated rings. The Balaban J connectivity index is -0.000000304. The Kier molecular flexibility index (Phi) is 21.5. The summed E-state index contributed by atoms with van der Waals surface area (Å²) in [6.45, 7) is 20.6. The first kappa shape index (κ1) is 24.0. The molecule has 0 aliphatic heterocycles. The topological polar surface area (TPSA) is 41.1 Å². The molecule has 0 aliphatic carbocycles. The van der Waals surface area contributed by atoms with Crippen molar-refractivity contribution in [1.82, 2.24) is 10.6 Å². The third-order valence-electron chi connectivity index (χ3n) is 2.59. The van der Waals surface area contributed by atoms with Crippen molar-refractivity contribution in [3.63, 3.8) is 0 Å². The molecular formula is C17H36N2O. The first-order valence-electron chi connectivity index (χ1n) is 7.60. The van der Waals surface area contributed by atoms with Gasteiger partial charge in [0.1, 0.15) is 0 Å². The van der Waals surface area contributed by atoms with Crippen LogP contribution >= 0.6 is 0 Å². The lowest BCUT2D eigenvalue weighted by atomic mass is 10.1. The van der Waals surface area contributed by atoms with Crippen LogP contribution in [0.5, 0.6) is 0 Å². The van der Waals surface area contributed by atoms with E-state index in [9.17, 15) is 4.79 Å². The molecule has 0 rings (SSSR count). The third-order valence-corrected chi connectivity index (χ3v) is 2.59. The van der Waals surface area contributed by atoms with Gasteiger partial charge >= 0.3 is 0 Å². The molecule has 2 N–H and O–H groups in total. The number of ketones is 1. The van der Waals surface area contributed by atoms with Gasteiger partial charge in [0.2, 0.25) is 0 Å². The van der Waals surface area contributed by atoms with Gasteiger partial charge in [-0.2, -0.15) is 0 Å². The molecule has 120 valence electrons. The van der Waals surface area contributed by atoms with Crippen LogP contribution in [0.1, 0.15) is 48.0 Å². The molecule has 0 aromatic rings. The van der Waals surface area contributed by atoms with E-state index in [1.165, 1.54) is 6.42 Å². The van der Waals surface area contributed by atoms with Crippen LogP contribution < -0.4 is 10.6 Å². The highest BCUT2D eigenvalue weighted by Gasteiger charge is 2.05. The van der Waals surface area contributed by atoms with Crippen LogP contribution in [0.4, 0.5) is 0 Å². The molecule has 1 unspecified atom stereocenters. The quantitative estimate of drug-likeness (QED) is 0.667. The Morgan fingerprint density at radius 3 is 1.95 bits per heavy atom. The molecule has 0 saturated carbocycles. The Morgan fingerprint density at radius 1 is 1.20 bits per heavy atom. The number of Topliss-reactive ketones (excluding diaryl/α,β-unsaturated/α-hetero) is 1. The third kappa shape index (κ3) is 19.3. The van der Waals surface area contributed by atoms with E-state index in [0.29, 0.717) is 19.0 Å². The van der Waals surface area contributed by atoms with Gasteiger partial charge in [-0.25, -0.2) is 0 Å². The largest absolute Gasteiger partial charge is 0.381 e. The zero-order valence-corrected chi connectivity index (χ0v) is 14.7. The first-order chi connectivity index (χ1) is 9.38. The molecule has 0 radical (unpaired) electrons. The summed E-state index contributed by atoms with van der Waals surface area (Å²) in [5.41, 5.74) is 0.853. The molecule has 20 heavy (non-hydrogen) atoms. The Morgan fingerprint density at radius 2 is 1.70 bits per heavy atom. The van der Waals surface area contributed by atoms with Gasteiger partial charge in [0.25, 0.3) is 0 Å². The second-order valence-corrected chi connectivity index (χ2v) is 4.73. The van der Waals surface area contributed by atoms with Crippen LogP contribution in [-0.4, -0.2) is 25.9 Å². The zero-order valence-electron chi connectivity index (χ0n) is 14.7. The van der Waals surface area contributed by atoms with Crippen molar-refractivity contribution < 1.29 is 4.79 Å². The van der Waals surface area contributed by atoms with Gasteiger partial charge in [-0.05, 0) is 13.0 Å². The number of likely N-dealkylation sites (N-methyl/N-ethyl adjacent to an activating group) is 1. The fourth-order valence-corrected chi connectivity index (χ4v) is 0.859. The number of hydrogen-bond acceptors (Lipinski definition) is 3. The average molecular weight is 284 g/mol. The van der Waals surface area contributed by atoms with Crippen molar-refractivity contribution >= 4 is 5.78 Å². The highest BCUT2D eigenvalue weighted by atomic mass is 16.1. The van der Waals surface area contributed by atoms with Gasteiger partial charge in [-0.3, -0.25) is 4.79 Å². The maximum absolute atomic E-state index is 11.1. The summed E-state index contributed by atoms with van der Waals surface area (Å²) in [6, 6.07) is 0. The van der Waals surface area contributed by atoms with E-state index in [2.05, 4.69) is 37.6 Å². The number of nitrogens with one attached hydrogen (secondary N) is 2. The Labute approximate surface area is 126 Å². The number of carbonyl (C=O) groups excluding carboxylic acids is 1. The lowest BCUT2D eigenvalue weighted by molar-refractivity contribution is -0.120. The molecule has 0 heterocycles. The molecule has 0 saturated heterocycles. The van der Waals surface area contributed by atoms with Crippen LogP contribution in [0.15, 0.2) is 24.9 Å². The second-order valence-electron chi connectivity index (χ2n) is 4.73. The highest BCUT2D eigenvalue weighted by Crippen LogP contribution is 1.98. The van der Waals surface area contributed by atoms with Crippen molar-refractivity contribution in [2.24, 2.45) is 11.8 Å².